The highest BCUT2D eigenvalue weighted by atomic mass is 19.4. The number of hydrogen-bond acceptors (Lipinski definition) is 4. The number of carbonyl (C=O) groups is 1. The molecule has 1 fully saturated rings. The third kappa shape index (κ3) is 3.24. The van der Waals surface area contributed by atoms with Gasteiger partial charge in [-0.3, -0.25) is 9.48 Å². The third-order valence-electron chi connectivity index (χ3n) is 4.01. The Bertz CT molecular complexity index is 743. The molecule has 0 radical (unpaired) electrons. The maximum atomic E-state index is 12.8. The quantitative estimate of drug-likeness (QED) is 0.861. The molecule has 2 aromatic rings. The summed E-state index contributed by atoms with van der Waals surface area (Å²) in [6, 6.07) is 0.848. The molecule has 0 aromatic carbocycles. The largest absolute Gasteiger partial charge is 0.433 e. The molecule has 1 amide bonds. The second kappa shape index (κ2) is 6.21. The topological polar surface area (TPSA) is 63.9 Å². The zero-order valence-electron chi connectivity index (χ0n) is 13.0. The smallest absolute Gasteiger partial charge is 0.338 e. The molecule has 1 saturated heterocycles. The number of carbonyl (C=O) groups excluding carboxylic acids is 1. The fraction of sp³-hybridized carbons (Fsp3) is 0.467. The Morgan fingerprint density at radius 1 is 1.42 bits per heavy atom. The predicted octanol–water partition coefficient (Wildman–Crippen LogP) is 2.34. The van der Waals surface area contributed by atoms with Crippen molar-refractivity contribution < 1.29 is 18.0 Å². The van der Waals surface area contributed by atoms with E-state index in [1.807, 2.05) is 6.92 Å². The normalized spacial score (nSPS) is 18.2. The molecule has 0 spiro atoms. The van der Waals surface area contributed by atoms with E-state index in [0.29, 0.717) is 31.6 Å². The summed E-state index contributed by atoms with van der Waals surface area (Å²) < 4.78 is 39.9. The summed E-state index contributed by atoms with van der Waals surface area (Å²) in [5.74, 6) is -0.342. The van der Waals surface area contributed by atoms with Gasteiger partial charge >= 0.3 is 6.18 Å². The number of aromatic nitrogens is 4. The number of alkyl halides is 3. The summed E-state index contributed by atoms with van der Waals surface area (Å²) in [7, 11) is 0. The molecule has 1 aliphatic heterocycles. The van der Waals surface area contributed by atoms with E-state index in [9.17, 15) is 18.0 Å². The molecule has 1 aliphatic rings. The summed E-state index contributed by atoms with van der Waals surface area (Å²) in [6.45, 7) is 3.34. The van der Waals surface area contributed by atoms with Crippen LogP contribution in [0.3, 0.4) is 0 Å². The maximum Gasteiger partial charge on any atom is 0.433 e. The number of halogens is 3. The summed E-state index contributed by atoms with van der Waals surface area (Å²) in [5.41, 5.74) is -0.482. The van der Waals surface area contributed by atoms with Gasteiger partial charge in [-0.25, -0.2) is 9.97 Å². The third-order valence-corrected chi connectivity index (χ3v) is 4.01. The first-order valence-electron chi connectivity index (χ1n) is 7.60. The second-order valence-electron chi connectivity index (χ2n) is 5.62. The van der Waals surface area contributed by atoms with Crippen LogP contribution in [0.1, 0.15) is 41.1 Å². The van der Waals surface area contributed by atoms with Crippen LogP contribution >= 0.6 is 0 Å². The van der Waals surface area contributed by atoms with Crippen molar-refractivity contribution in [2.24, 2.45) is 0 Å². The van der Waals surface area contributed by atoms with Crippen LogP contribution in [0.2, 0.25) is 0 Å². The lowest BCUT2D eigenvalue weighted by atomic mass is 10.1. The standard InChI is InChI=1S/C15H16F3N5O/c1-2-23-9-11(7-20-23)14(24)22-6-4-10(8-22)13-19-5-3-12(21-13)15(16,17)18/h3,5,7,9-10H,2,4,6,8H2,1H3. The van der Waals surface area contributed by atoms with Crippen molar-refractivity contribution in [1.29, 1.82) is 0 Å². The van der Waals surface area contributed by atoms with Crippen LogP contribution in [0.15, 0.2) is 24.7 Å². The molecule has 0 aliphatic carbocycles. The van der Waals surface area contributed by atoms with Gasteiger partial charge in [0.2, 0.25) is 0 Å². The van der Waals surface area contributed by atoms with Crippen LogP contribution in [0, 0.1) is 0 Å². The molecule has 0 N–H and O–H groups in total. The monoisotopic (exact) mass is 339 g/mol. The Kier molecular flexibility index (Phi) is 4.25. The molecule has 3 rings (SSSR count). The predicted molar refractivity (Wildman–Crippen MR) is 78.2 cm³/mol. The summed E-state index contributed by atoms with van der Waals surface area (Å²) >= 11 is 0. The first-order valence-corrected chi connectivity index (χ1v) is 7.60. The van der Waals surface area contributed by atoms with Crippen LogP contribution in [-0.4, -0.2) is 43.6 Å². The van der Waals surface area contributed by atoms with Gasteiger partial charge in [0.15, 0.2) is 0 Å². The first-order chi connectivity index (χ1) is 11.4. The van der Waals surface area contributed by atoms with Crippen molar-refractivity contribution in [3.8, 4) is 0 Å². The Labute approximate surface area is 136 Å². The minimum atomic E-state index is -4.50. The summed E-state index contributed by atoms with van der Waals surface area (Å²) in [4.78, 5) is 21.6. The van der Waals surface area contributed by atoms with Gasteiger partial charge in [-0.1, -0.05) is 0 Å². The Hall–Kier alpha value is -2.45. The van der Waals surface area contributed by atoms with Crippen molar-refractivity contribution in [3.05, 3.63) is 41.7 Å². The number of aryl methyl sites for hydroxylation is 1. The molecule has 1 unspecified atom stereocenters. The van der Waals surface area contributed by atoms with E-state index in [2.05, 4.69) is 15.1 Å². The van der Waals surface area contributed by atoms with Crippen molar-refractivity contribution in [1.82, 2.24) is 24.6 Å². The number of rotatable bonds is 3. The van der Waals surface area contributed by atoms with Gasteiger partial charge in [0.05, 0.1) is 11.8 Å². The van der Waals surface area contributed by atoms with Crippen molar-refractivity contribution in [3.63, 3.8) is 0 Å². The molecular formula is C15H16F3N5O. The number of amides is 1. The number of likely N-dealkylation sites (tertiary alicyclic amines) is 1. The molecule has 2 aromatic heterocycles. The van der Waals surface area contributed by atoms with E-state index in [-0.39, 0.29) is 17.6 Å². The molecule has 0 bridgehead atoms. The summed E-state index contributed by atoms with van der Waals surface area (Å²) in [6.07, 6.45) is 0.312. The van der Waals surface area contributed by atoms with Gasteiger partial charge in [0.25, 0.3) is 5.91 Å². The van der Waals surface area contributed by atoms with Gasteiger partial charge in [-0.2, -0.15) is 18.3 Å². The lowest BCUT2D eigenvalue weighted by Gasteiger charge is -2.15. The van der Waals surface area contributed by atoms with E-state index in [0.717, 1.165) is 12.3 Å². The highest BCUT2D eigenvalue weighted by Crippen LogP contribution is 2.30. The van der Waals surface area contributed by atoms with E-state index in [1.54, 1.807) is 15.8 Å². The first kappa shape index (κ1) is 16.4. The van der Waals surface area contributed by atoms with Crippen molar-refractivity contribution >= 4 is 5.91 Å². The molecule has 1 atom stereocenters. The number of hydrogen-bond donors (Lipinski definition) is 0. The molecule has 9 heteroatoms. The van der Waals surface area contributed by atoms with E-state index in [4.69, 9.17) is 0 Å². The van der Waals surface area contributed by atoms with Crippen LogP contribution < -0.4 is 0 Å². The van der Waals surface area contributed by atoms with E-state index < -0.39 is 11.9 Å². The molecule has 24 heavy (non-hydrogen) atoms. The fourth-order valence-electron chi connectivity index (χ4n) is 2.71. The van der Waals surface area contributed by atoms with Gasteiger partial charge in [-0.05, 0) is 19.4 Å². The zero-order valence-corrected chi connectivity index (χ0v) is 13.0. The lowest BCUT2D eigenvalue weighted by molar-refractivity contribution is -0.141. The molecule has 0 saturated carbocycles. The average molecular weight is 339 g/mol. The lowest BCUT2D eigenvalue weighted by Crippen LogP contribution is -2.28. The van der Waals surface area contributed by atoms with Crippen LogP contribution in [0.25, 0.3) is 0 Å². The fourth-order valence-corrected chi connectivity index (χ4v) is 2.71. The van der Waals surface area contributed by atoms with Gasteiger partial charge in [0, 0.05) is 37.9 Å². The molecule has 128 valence electrons. The Morgan fingerprint density at radius 2 is 2.21 bits per heavy atom. The zero-order chi connectivity index (χ0) is 17.3. The van der Waals surface area contributed by atoms with Gasteiger partial charge < -0.3 is 4.90 Å². The number of nitrogens with zero attached hydrogens (tertiary/aromatic N) is 5. The Balaban J connectivity index is 1.72. The Morgan fingerprint density at radius 3 is 2.88 bits per heavy atom. The van der Waals surface area contributed by atoms with Gasteiger partial charge in [-0.15, -0.1) is 0 Å². The second-order valence-corrected chi connectivity index (χ2v) is 5.62. The average Bonchev–Trinajstić information content (AvgIpc) is 3.23. The minimum Gasteiger partial charge on any atom is -0.338 e. The SMILES string of the molecule is CCn1cc(C(=O)N2CCC(c3nccc(C(F)(F)F)n3)C2)cn1. The van der Waals surface area contributed by atoms with Crippen LogP contribution in [0.4, 0.5) is 13.2 Å². The van der Waals surface area contributed by atoms with Crippen LogP contribution in [0.5, 0.6) is 0 Å². The van der Waals surface area contributed by atoms with E-state index >= 15 is 0 Å². The highest BCUT2D eigenvalue weighted by Gasteiger charge is 2.35. The highest BCUT2D eigenvalue weighted by molar-refractivity contribution is 5.94. The van der Waals surface area contributed by atoms with Crippen molar-refractivity contribution in [2.75, 3.05) is 13.1 Å². The minimum absolute atomic E-state index is 0.129. The maximum absolute atomic E-state index is 12.8. The van der Waals surface area contributed by atoms with Gasteiger partial charge in [0.1, 0.15) is 11.5 Å². The summed E-state index contributed by atoms with van der Waals surface area (Å²) in [5, 5.41) is 4.06. The van der Waals surface area contributed by atoms with E-state index in [1.165, 1.54) is 6.20 Å². The van der Waals surface area contributed by atoms with Crippen LogP contribution in [-0.2, 0) is 12.7 Å². The molecule has 3 heterocycles. The molecule has 6 nitrogen and oxygen atoms in total. The van der Waals surface area contributed by atoms with Crippen molar-refractivity contribution in [2.45, 2.75) is 32.0 Å². The molecular weight excluding hydrogens is 323 g/mol.